The number of hydrogen-bond donors (Lipinski definition) is 1. The van der Waals surface area contributed by atoms with E-state index in [1.165, 1.54) is 12.3 Å². The Bertz CT molecular complexity index is 643. The molecule has 0 atom stereocenters. The highest BCUT2D eigenvalue weighted by Crippen LogP contribution is 2.27. The fraction of sp³-hybridized carbons (Fsp3) is 0.200. The number of benzene rings is 1. The second kappa shape index (κ2) is 5.59. The molecule has 0 spiro atoms. The van der Waals surface area contributed by atoms with Crippen molar-refractivity contribution in [3.05, 3.63) is 59.1 Å². The summed E-state index contributed by atoms with van der Waals surface area (Å²) in [5.74, 6) is -0.882. The maximum Gasteiger partial charge on any atom is 0.234 e. The summed E-state index contributed by atoms with van der Waals surface area (Å²) in [5.41, 5.74) is 0.0396. The van der Waals surface area contributed by atoms with Crippen LogP contribution >= 0.6 is 11.6 Å². The second-order valence-corrected chi connectivity index (χ2v) is 5.38. The predicted molar refractivity (Wildman–Crippen MR) is 77.3 cm³/mol. The summed E-state index contributed by atoms with van der Waals surface area (Å²) in [7, 11) is 0. The minimum absolute atomic E-state index is 0.111. The van der Waals surface area contributed by atoms with Gasteiger partial charge in [0, 0.05) is 11.2 Å². The van der Waals surface area contributed by atoms with Crippen molar-refractivity contribution in [2.24, 2.45) is 0 Å². The summed E-state index contributed by atoms with van der Waals surface area (Å²) in [5, 5.41) is 3.13. The van der Waals surface area contributed by atoms with Crippen molar-refractivity contribution in [3.63, 3.8) is 0 Å². The van der Waals surface area contributed by atoms with Crippen LogP contribution in [0.4, 0.5) is 10.1 Å². The van der Waals surface area contributed by atoms with E-state index in [4.69, 9.17) is 11.6 Å². The van der Waals surface area contributed by atoms with Crippen LogP contribution in [0.3, 0.4) is 0 Å². The van der Waals surface area contributed by atoms with Crippen molar-refractivity contribution in [1.29, 1.82) is 0 Å². The van der Waals surface area contributed by atoms with Gasteiger partial charge in [-0.25, -0.2) is 4.39 Å². The Morgan fingerprint density at radius 3 is 2.75 bits per heavy atom. The maximum absolute atomic E-state index is 13.5. The summed E-state index contributed by atoms with van der Waals surface area (Å²) in [6.45, 7) is 3.51. The molecule has 20 heavy (non-hydrogen) atoms. The molecule has 0 saturated carbocycles. The largest absolute Gasteiger partial charge is 0.323 e. The van der Waals surface area contributed by atoms with Gasteiger partial charge in [-0.1, -0.05) is 23.7 Å². The highest BCUT2D eigenvalue weighted by Gasteiger charge is 2.30. The number of nitrogens with zero attached hydrogens (tertiary/aromatic N) is 1. The lowest BCUT2D eigenvalue weighted by molar-refractivity contribution is -0.120. The zero-order valence-corrected chi connectivity index (χ0v) is 11.9. The average molecular weight is 293 g/mol. The first-order chi connectivity index (χ1) is 9.41. The molecular weight excluding hydrogens is 279 g/mol. The highest BCUT2D eigenvalue weighted by atomic mass is 35.5. The van der Waals surface area contributed by atoms with Gasteiger partial charge in [-0.15, -0.1) is 0 Å². The summed E-state index contributed by atoms with van der Waals surface area (Å²) >= 11 is 5.94. The number of rotatable bonds is 3. The van der Waals surface area contributed by atoms with Crippen molar-refractivity contribution in [3.8, 4) is 0 Å². The second-order valence-electron chi connectivity index (χ2n) is 4.94. The zero-order chi connectivity index (χ0) is 14.8. The average Bonchev–Trinajstić information content (AvgIpc) is 2.41. The molecule has 1 aromatic carbocycles. The van der Waals surface area contributed by atoms with Crippen LogP contribution in [0.5, 0.6) is 0 Å². The van der Waals surface area contributed by atoms with Gasteiger partial charge in [-0.2, -0.15) is 0 Å². The minimum Gasteiger partial charge on any atom is -0.323 e. The smallest absolute Gasteiger partial charge is 0.234 e. The van der Waals surface area contributed by atoms with Gasteiger partial charge in [0.2, 0.25) is 5.91 Å². The van der Waals surface area contributed by atoms with Gasteiger partial charge in [0.15, 0.2) is 5.82 Å². The van der Waals surface area contributed by atoms with E-state index in [-0.39, 0.29) is 11.6 Å². The maximum atomic E-state index is 13.5. The quantitative estimate of drug-likeness (QED) is 0.935. The number of carbonyl (C=O) groups excluding carboxylic acids is 1. The number of aromatic nitrogens is 1. The van der Waals surface area contributed by atoms with Crippen LogP contribution in [0.15, 0.2) is 42.7 Å². The molecule has 1 heterocycles. The van der Waals surface area contributed by atoms with E-state index in [0.717, 1.165) is 11.8 Å². The van der Waals surface area contributed by atoms with Crippen LogP contribution in [0, 0.1) is 5.82 Å². The lowest BCUT2D eigenvalue weighted by Gasteiger charge is -2.24. The van der Waals surface area contributed by atoms with Crippen molar-refractivity contribution in [1.82, 2.24) is 4.98 Å². The fourth-order valence-electron chi connectivity index (χ4n) is 1.76. The monoisotopic (exact) mass is 292 g/mol. The predicted octanol–water partition coefficient (Wildman–Crippen LogP) is 3.79. The van der Waals surface area contributed by atoms with E-state index in [0.29, 0.717) is 5.02 Å². The Morgan fingerprint density at radius 1 is 1.35 bits per heavy atom. The first-order valence-electron chi connectivity index (χ1n) is 6.08. The van der Waals surface area contributed by atoms with Gasteiger partial charge in [0.1, 0.15) is 0 Å². The van der Waals surface area contributed by atoms with Crippen LogP contribution in [0.1, 0.15) is 19.4 Å². The Labute approximate surface area is 121 Å². The van der Waals surface area contributed by atoms with Crippen molar-refractivity contribution in [2.45, 2.75) is 19.3 Å². The molecule has 1 N–H and O–H groups in total. The van der Waals surface area contributed by atoms with Crippen LogP contribution in [-0.4, -0.2) is 10.9 Å². The Kier molecular flexibility index (Phi) is 4.04. The molecule has 0 saturated heterocycles. The van der Waals surface area contributed by atoms with E-state index >= 15 is 0 Å². The molecule has 2 aromatic rings. The first-order valence-corrected chi connectivity index (χ1v) is 6.46. The zero-order valence-electron chi connectivity index (χ0n) is 11.2. The standard InChI is InChI=1S/C15H14ClFN2O/c1-15(2,10-4-3-5-11(16)8-10)14(20)19-13-6-7-18-9-12(13)17/h3-9H,1-2H3,(H,18,19,20). The SMILES string of the molecule is CC(C)(C(=O)Nc1ccncc1F)c1cccc(Cl)c1. The topological polar surface area (TPSA) is 42.0 Å². The fourth-order valence-corrected chi connectivity index (χ4v) is 1.95. The summed E-state index contributed by atoms with van der Waals surface area (Å²) in [4.78, 5) is 16.0. The van der Waals surface area contributed by atoms with Crippen LogP contribution in [0.25, 0.3) is 0 Å². The van der Waals surface area contributed by atoms with Crippen molar-refractivity contribution in [2.75, 3.05) is 5.32 Å². The van der Waals surface area contributed by atoms with Gasteiger partial charge in [-0.05, 0) is 37.6 Å². The molecule has 1 amide bonds. The van der Waals surface area contributed by atoms with E-state index in [2.05, 4.69) is 10.3 Å². The summed E-state index contributed by atoms with van der Waals surface area (Å²) < 4.78 is 13.5. The molecule has 0 bridgehead atoms. The number of nitrogens with one attached hydrogen (secondary N) is 1. The molecule has 0 aliphatic rings. The minimum atomic E-state index is -0.833. The summed E-state index contributed by atoms with van der Waals surface area (Å²) in [6, 6.07) is 8.47. The Hall–Kier alpha value is -1.94. The number of pyridine rings is 1. The Balaban J connectivity index is 2.26. The Morgan fingerprint density at radius 2 is 2.10 bits per heavy atom. The molecule has 0 aliphatic heterocycles. The lowest BCUT2D eigenvalue weighted by atomic mass is 9.83. The molecule has 2 rings (SSSR count). The number of halogens is 2. The van der Waals surface area contributed by atoms with E-state index in [9.17, 15) is 9.18 Å². The normalized spacial score (nSPS) is 11.2. The third-order valence-corrected chi connectivity index (χ3v) is 3.37. The molecule has 3 nitrogen and oxygen atoms in total. The number of anilines is 1. The molecule has 0 radical (unpaired) electrons. The molecule has 0 unspecified atom stereocenters. The van der Waals surface area contributed by atoms with E-state index in [1.807, 2.05) is 6.07 Å². The molecule has 1 aromatic heterocycles. The highest BCUT2D eigenvalue weighted by molar-refractivity contribution is 6.30. The molecular formula is C15H14ClFN2O. The number of amides is 1. The van der Waals surface area contributed by atoms with Crippen molar-refractivity contribution < 1.29 is 9.18 Å². The molecule has 0 fully saturated rings. The third-order valence-electron chi connectivity index (χ3n) is 3.13. The van der Waals surface area contributed by atoms with E-state index < -0.39 is 11.2 Å². The van der Waals surface area contributed by atoms with Gasteiger partial charge in [0.25, 0.3) is 0 Å². The van der Waals surface area contributed by atoms with Crippen LogP contribution < -0.4 is 5.32 Å². The van der Waals surface area contributed by atoms with Crippen LogP contribution in [0.2, 0.25) is 5.02 Å². The molecule has 104 valence electrons. The summed E-state index contributed by atoms with van der Waals surface area (Å²) in [6.07, 6.45) is 2.48. The first kappa shape index (κ1) is 14.5. The van der Waals surface area contributed by atoms with Gasteiger partial charge in [0.05, 0.1) is 17.3 Å². The third kappa shape index (κ3) is 2.96. The lowest BCUT2D eigenvalue weighted by Crippen LogP contribution is -2.35. The van der Waals surface area contributed by atoms with Crippen LogP contribution in [-0.2, 0) is 10.2 Å². The van der Waals surface area contributed by atoms with E-state index in [1.54, 1.807) is 32.0 Å². The van der Waals surface area contributed by atoms with Gasteiger partial charge in [-0.3, -0.25) is 9.78 Å². The molecule has 0 aliphatic carbocycles. The molecule has 5 heteroatoms. The van der Waals surface area contributed by atoms with Gasteiger partial charge < -0.3 is 5.32 Å². The van der Waals surface area contributed by atoms with Gasteiger partial charge >= 0.3 is 0 Å². The number of hydrogen-bond acceptors (Lipinski definition) is 2. The van der Waals surface area contributed by atoms with Crippen molar-refractivity contribution >= 4 is 23.2 Å². The number of carbonyl (C=O) groups is 1.